The Hall–Kier alpha value is -3.61. The molecule has 1 aromatic heterocycles. The molecule has 0 aliphatic carbocycles. The van der Waals surface area contributed by atoms with E-state index in [0.29, 0.717) is 29.2 Å². The summed E-state index contributed by atoms with van der Waals surface area (Å²) >= 11 is 0. The summed E-state index contributed by atoms with van der Waals surface area (Å²) in [7, 11) is 1.30. The summed E-state index contributed by atoms with van der Waals surface area (Å²) < 4.78 is 6.39. The summed E-state index contributed by atoms with van der Waals surface area (Å²) in [4.78, 5) is 24.0. The Morgan fingerprint density at radius 3 is 2.18 bits per heavy atom. The second kappa shape index (κ2) is 8.39. The highest BCUT2D eigenvalue weighted by molar-refractivity contribution is 6.06. The molecule has 3 aromatic rings. The van der Waals surface area contributed by atoms with Crippen LogP contribution in [0.4, 0.5) is 16.2 Å². The SMILES string of the molecule is COC(=O)Nc1ccc(NC(=O)c2c(C)nn(Cc3ccccc3)c2C)cc1. The average molecular weight is 378 g/mol. The van der Waals surface area contributed by atoms with Gasteiger partial charge in [0.15, 0.2) is 0 Å². The Balaban J connectivity index is 1.73. The lowest BCUT2D eigenvalue weighted by Gasteiger charge is -2.08. The normalized spacial score (nSPS) is 10.4. The van der Waals surface area contributed by atoms with Crippen molar-refractivity contribution in [2.45, 2.75) is 20.4 Å². The van der Waals surface area contributed by atoms with Crippen LogP contribution in [0.1, 0.15) is 27.3 Å². The highest BCUT2D eigenvalue weighted by Gasteiger charge is 2.19. The maximum Gasteiger partial charge on any atom is 0.411 e. The number of amides is 2. The van der Waals surface area contributed by atoms with Crippen LogP contribution in [-0.4, -0.2) is 28.9 Å². The van der Waals surface area contributed by atoms with Gasteiger partial charge in [0.1, 0.15) is 0 Å². The van der Waals surface area contributed by atoms with Gasteiger partial charge in [-0.05, 0) is 43.7 Å². The number of carbonyl (C=O) groups is 2. The van der Waals surface area contributed by atoms with E-state index in [9.17, 15) is 9.59 Å². The zero-order valence-electron chi connectivity index (χ0n) is 16.0. The highest BCUT2D eigenvalue weighted by Crippen LogP contribution is 2.19. The fraction of sp³-hybridized carbons (Fsp3) is 0.190. The molecule has 0 spiro atoms. The number of ether oxygens (including phenoxy) is 1. The number of nitrogens with one attached hydrogen (secondary N) is 2. The topological polar surface area (TPSA) is 85.2 Å². The number of aryl methyl sites for hydroxylation is 1. The van der Waals surface area contributed by atoms with Gasteiger partial charge in [-0.25, -0.2) is 4.79 Å². The second-order valence-corrected chi connectivity index (χ2v) is 6.34. The average Bonchev–Trinajstić information content (AvgIpc) is 2.97. The summed E-state index contributed by atoms with van der Waals surface area (Å²) in [6.07, 6.45) is -0.547. The van der Waals surface area contributed by atoms with Gasteiger partial charge in [-0.1, -0.05) is 30.3 Å². The van der Waals surface area contributed by atoms with Crippen molar-refractivity contribution in [3.8, 4) is 0 Å². The standard InChI is InChI=1S/C21H22N4O3/c1-14-19(15(2)25(24-14)13-16-7-5-4-6-8-16)20(26)22-17-9-11-18(12-10-17)23-21(27)28-3/h4-12H,13H2,1-3H3,(H,22,26)(H,23,27). The Bertz CT molecular complexity index is 979. The molecule has 0 atom stereocenters. The largest absolute Gasteiger partial charge is 0.453 e. The maximum atomic E-state index is 12.8. The zero-order valence-corrected chi connectivity index (χ0v) is 16.0. The molecule has 0 fully saturated rings. The molecular weight excluding hydrogens is 356 g/mol. The first-order chi connectivity index (χ1) is 13.5. The van der Waals surface area contributed by atoms with E-state index in [0.717, 1.165) is 11.3 Å². The van der Waals surface area contributed by atoms with Crippen molar-refractivity contribution in [1.29, 1.82) is 0 Å². The monoisotopic (exact) mass is 378 g/mol. The summed E-state index contributed by atoms with van der Waals surface area (Å²) in [6.45, 7) is 4.32. The summed E-state index contributed by atoms with van der Waals surface area (Å²) in [5, 5.41) is 9.96. The molecule has 0 radical (unpaired) electrons. The van der Waals surface area contributed by atoms with Crippen molar-refractivity contribution in [2.24, 2.45) is 0 Å². The molecule has 7 nitrogen and oxygen atoms in total. The first-order valence-corrected chi connectivity index (χ1v) is 8.82. The Morgan fingerprint density at radius 1 is 0.964 bits per heavy atom. The number of rotatable bonds is 5. The third-order valence-corrected chi connectivity index (χ3v) is 4.36. The van der Waals surface area contributed by atoms with Crippen LogP contribution in [0.2, 0.25) is 0 Å². The molecular formula is C21H22N4O3. The van der Waals surface area contributed by atoms with Crippen molar-refractivity contribution in [2.75, 3.05) is 17.7 Å². The summed E-state index contributed by atoms with van der Waals surface area (Å²) in [6, 6.07) is 16.8. The van der Waals surface area contributed by atoms with Crippen molar-refractivity contribution in [3.63, 3.8) is 0 Å². The van der Waals surface area contributed by atoms with Crippen molar-refractivity contribution >= 4 is 23.4 Å². The molecule has 0 saturated carbocycles. The lowest BCUT2D eigenvalue weighted by atomic mass is 10.1. The highest BCUT2D eigenvalue weighted by atomic mass is 16.5. The molecule has 3 rings (SSSR count). The van der Waals surface area contributed by atoms with Crippen molar-refractivity contribution in [3.05, 3.63) is 77.1 Å². The molecule has 0 aliphatic heterocycles. The van der Waals surface area contributed by atoms with Gasteiger partial charge < -0.3 is 10.1 Å². The Kier molecular flexibility index (Phi) is 5.74. The summed E-state index contributed by atoms with van der Waals surface area (Å²) in [5.74, 6) is -0.219. The molecule has 0 bridgehead atoms. The van der Waals surface area contributed by atoms with E-state index >= 15 is 0 Å². The van der Waals surface area contributed by atoms with Crippen LogP contribution in [0.5, 0.6) is 0 Å². The van der Waals surface area contributed by atoms with Crippen LogP contribution in [0.25, 0.3) is 0 Å². The maximum absolute atomic E-state index is 12.8. The van der Waals surface area contributed by atoms with E-state index in [1.165, 1.54) is 7.11 Å². The number of carbonyl (C=O) groups excluding carboxylic acids is 2. The van der Waals surface area contributed by atoms with Crippen molar-refractivity contribution < 1.29 is 14.3 Å². The van der Waals surface area contributed by atoms with Gasteiger partial charge in [0.25, 0.3) is 5.91 Å². The number of methoxy groups -OCH3 is 1. The minimum atomic E-state index is -0.547. The third-order valence-electron chi connectivity index (χ3n) is 4.36. The fourth-order valence-electron chi connectivity index (χ4n) is 2.94. The van der Waals surface area contributed by atoms with Crippen LogP contribution < -0.4 is 10.6 Å². The number of aromatic nitrogens is 2. The summed E-state index contributed by atoms with van der Waals surface area (Å²) in [5.41, 5.74) is 4.36. The number of benzene rings is 2. The Morgan fingerprint density at radius 2 is 1.57 bits per heavy atom. The Labute approximate surface area is 163 Å². The van der Waals surface area contributed by atoms with E-state index < -0.39 is 6.09 Å². The minimum absolute atomic E-state index is 0.219. The number of anilines is 2. The molecule has 7 heteroatoms. The molecule has 2 aromatic carbocycles. The van der Waals surface area contributed by atoms with E-state index in [1.807, 2.05) is 48.9 Å². The molecule has 2 N–H and O–H groups in total. The minimum Gasteiger partial charge on any atom is -0.453 e. The van der Waals surface area contributed by atoms with Gasteiger partial charge in [0, 0.05) is 17.1 Å². The van der Waals surface area contributed by atoms with E-state index in [4.69, 9.17) is 0 Å². The van der Waals surface area contributed by atoms with Crippen LogP contribution in [0.3, 0.4) is 0 Å². The van der Waals surface area contributed by atoms with Crippen LogP contribution >= 0.6 is 0 Å². The van der Waals surface area contributed by atoms with Gasteiger partial charge in [0.2, 0.25) is 0 Å². The lowest BCUT2D eigenvalue weighted by molar-refractivity contribution is 0.102. The predicted molar refractivity (Wildman–Crippen MR) is 108 cm³/mol. The van der Waals surface area contributed by atoms with Gasteiger partial charge in [-0.15, -0.1) is 0 Å². The van der Waals surface area contributed by atoms with E-state index in [-0.39, 0.29) is 5.91 Å². The molecule has 2 amide bonds. The second-order valence-electron chi connectivity index (χ2n) is 6.34. The van der Waals surface area contributed by atoms with Crippen LogP contribution in [-0.2, 0) is 11.3 Å². The van der Waals surface area contributed by atoms with E-state index in [1.54, 1.807) is 24.3 Å². The molecule has 1 heterocycles. The molecule has 28 heavy (non-hydrogen) atoms. The first kappa shape index (κ1) is 19.2. The first-order valence-electron chi connectivity index (χ1n) is 8.82. The third kappa shape index (κ3) is 4.37. The van der Waals surface area contributed by atoms with Gasteiger partial charge in [0.05, 0.1) is 24.9 Å². The van der Waals surface area contributed by atoms with Crippen LogP contribution in [0, 0.1) is 13.8 Å². The van der Waals surface area contributed by atoms with Gasteiger partial charge in [-0.3, -0.25) is 14.8 Å². The zero-order chi connectivity index (χ0) is 20.1. The van der Waals surface area contributed by atoms with Crippen molar-refractivity contribution in [1.82, 2.24) is 9.78 Å². The quantitative estimate of drug-likeness (QED) is 0.703. The smallest absolute Gasteiger partial charge is 0.411 e. The van der Waals surface area contributed by atoms with E-state index in [2.05, 4.69) is 20.5 Å². The lowest BCUT2D eigenvalue weighted by Crippen LogP contribution is -2.15. The number of hydrogen-bond donors (Lipinski definition) is 2. The van der Waals surface area contributed by atoms with Crippen LogP contribution in [0.15, 0.2) is 54.6 Å². The molecule has 0 aliphatic rings. The van der Waals surface area contributed by atoms with Gasteiger partial charge in [-0.2, -0.15) is 5.10 Å². The number of hydrogen-bond acceptors (Lipinski definition) is 4. The van der Waals surface area contributed by atoms with Gasteiger partial charge >= 0.3 is 6.09 Å². The fourth-order valence-corrected chi connectivity index (χ4v) is 2.94. The predicted octanol–water partition coefficient (Wildman–Crippen LogP) is 3.98. The molecule has 144 valence electrons. The molecule has 0 unspecified atom stereocenters. The molecule has 0 saturated heterocycles. The number of nitrogens with zero attached hydrogens (tertiary/aromatic N) is 2.